The highest BCUT2D eigenvalue weighted by Crippen LogP contribution is 2.21. The van der Waals surface area contributed by atoms with Crippen LogP contribution in [0.15, 0.2) is 48.5 Å². The number of rotatable bonds is 1. The summed E-state index contributed by atoms with van der Waals surface area (Å²) in [6.07, 6.45) is 0. The zero-order chi connectivity index (χ0) is 11.8. The van der Waals surface area contributed by atoms with Gasteiger partial charge in [-0.15, -0.1) is 0 Å². The van der Waals surface area contributed by atoms with Crippen molar-refractivity contribution in [2.45, 2.75) is 0 Å². The van der Waals surface area contributed by atoms with E-state index in [2.05, 4.69) is 60.6 Å². The third kappa shape index (κ3) is 1.56. The summed E-state index contributed by atoms with van der Waals surface area (Å²) < 4.78 is 0. The van der Waals surface area contributed by atoms with Crippen LogP contribution in [0.5, 0.6) is 0 Å². The van der Waals surface area contributed by atoms with E-state index in [4.69, 9.17) is 0 Å². The van der Waals surface area contributed by atoms with Crippen molar-refractivity contribution in [3.8, 4) is 11.1 Å². The molecular weight excluding hydrogens is 206 g/mol. The van der Waals surface area contributed by atoms with E-state index in [1.165, 1.54) is 11.1 Å². The van der Waals surface area contributed by atoms with E-state index in [0.29, 0.717) is 0 Å². The molecule has 17 heavy (non-hydrogen) atoms. The molecule has 0 aliphatic rings. The Balaban J connectivity index is 2.30. The highest BCUT2D eigenvalue weighted by atomic mass is 14.7. The van der Waals surface area contributed by atoms with Gasteiger partial charge in [0.2, 0.25) is 0 Å². The Bertz CT molecular complexity index is 766. The minimum Gasteiger partial charge on any atom is -0.355 e. The summed E-state index contributed by atoms with van der Waals surface area (Å²) in [5, 5.41) is 3.03. The quantitative estimate of drug-likeness (QED) is 0.647. The molecule has 0 bridgehead atoms. The van der Waals surface area contributed by atoms with Crippen molar-refractivity contribution in [1.29, 1.82) is 0 Å². The second-order valence-corrected chi connectivity index (χ2v) is 4.21. The lowest BCUT2D eigenvalue weighted by atomic mass is 10.0. The van der Waals surface area contributed by atoms with E-state index in [-0.39, 0.29) is 0 Å². The summed E-state index contributed by atoms with van der Waals surface area (Å²) in [5.41, 5.74) is 3.53. The minimum absolute atomic E-state index is 0.894. The number of H-pyrrole nitrogens is 1. The van der Waals surface area contributed by atoms with E-state index in [0.717, 1.165) is 21.5 Å². The zero-order valence-electron chi connectivity index (χ0n) is 9.53. The first-order valence-electron chi connectivity index (χ1n) is 5.61. The molecule has 0 spiro atoms. The van der Waals surface area contributed by atoms with Gasteiger partial charge >= 0.3 is 0 Å². The Morgan fingerprint density at radius 3 is 2.35 bits per heavy atom. The molecule has 1 N–H and O–H groups in total. The molecule has 1 nitrogen and oxygen atoms in total. The molecule has 0 aliphatic heterocycles. The van der Waals surface area contributed by atoms with Crippen molar-refractivity contribution in [3.63, 3.8) is 0 Å². The summed E-state index contributed by atoms with van der Waals surface area (Å²) in [6.45, 7) is 7.99. The van der Waals surface area contributed by atoms with Crippen LogP contribution >= 0.6 is 0 Å². The Kier molecular flexibility index (Phi) is 2.12. The number of aromatic nitrogens is 1. The van der Waals surface area contributed by atoms with Gasteiger partial charge in [-0.2, -0.15) is 0 Å². The molecule has 3 aromatic rings. The molecule has 1 heterocycles. The standard InChI is InChI=1S/C16H13N/c1-11-12(2)17-16-9-8-14(10-15(11)16)13-6-4-3-5-7-13/h3-10,17H,1-2H2. The van der Waals surface area contributed by atoms with Crippen LogP contribution in [0.3, 0.4) is 0 Å². The van der Waals surface area contributed by atoms with Crippen LogP contribution in [0.4, 0.5) is 0 Å². The summed E-state index contributed by atoms with van der Waals surface area (Å²) in [7, 11) is 0. The number of aromatic amines is 1. The Morgan fingerprint density at radius 1 is 0.824 bits per heavy atom. The van der Waals surface area contributed by atoms with Crippen LogP contribution < -0.4 is 10.6 Å². The van der Waals surface area contributed by atoms with Crippen LogP contribution in [0.1, 0.15) is 0 Å². The van der Waals surface area contributed by atoms with Crippen LogP contribution in [0.2, 0.25) is 0 Å². The van der Waals surface area contributed by atoms with E-state index >= 15 is 0 Å². The number of hydrogen-bond donors (Lipinski definition) is 1. The summed E-state index contributed by atoms with van der Waals surface area (Å²) in [4.78, 5) is 3.23. The topological polar surface area (TPSA) is 15.8 Å². The van der Waals surface area contributed by atoms with E-state index < -0.39 is 0 Å². The molecule has 2 aromatic carbocycles. The second-order valence-electron chi connectivity index (χ2n) is 4.21. The fourth-order valence-electron chi connectivity index (χ4n) is 2.11. The molecule has 0 saturated carbocycles. The van der Waals surface area contributed by atoms with Crippen molar-refractivity contribution in [2.75, 3.05) is 0 Å². The van der Waals surface area contributed by atoms with Crippen LogP contribution in [0.25, 0.3) is 35.2 Å². The molecule has 0 radical (unpaired) electrons. The first-order chi connectivity index (χ1) is 8.25. The summed E-state index contributed by atoms with van der Waals surface area (Å²) >= 11 is 0. The first kappa shape index (κ1) is 9.91. The Hall–Kier alpha value is -2.28. The molecule has 1 heteroatoms. The fraction of sp³-hybridized carbons (Fsp3) is 0. The van der Waals surface area contributed by atoms with Crippen LogP contribution in [0, 0.1) is 0 Å². The molecular formula is C16H13N. The van der Waals surface area contributed by atoms with Crippen LogP contribution in [-0.2, 0) is 0 Å². The van der Waals surface area contributed by atoms with Gasteiger partial charge in [-0.3, -0.25) is 0 Å². The van der Waals surface area contributed by atoms with E-state index in [1.54, 1.807) is 0 Å². The predicted octanol–water partition coefficient (Wildman–Crippen LogP) is 2.66. The molecule has 82 valence electrons. The van der Waals surface area contributed by atoms with Gasteiger partial charge in [-0.25, -0.2) is 0 Å². The lowest BCUT2D eigenvalue weighted by Crippen LogP contribution is -2.18. The summed E-state index contributed by atoms with van der Waals surface area (Å²) in [6, 6.07) is 16.7. The zero-order valence-corrected chi connectivity index (χ0v) is 9.53. The van der Waals surface area contributed by atoms with Gasteiger partial charge in [-0.1, -0.05) is 49.6 Å². The van der Waals surface area contributed by atoms with E-state index in [9.17, 15) is 0 Å². The number of benzene rings is 2. The normalized spacial score (nSPS) is 10.8. The van der Waals surface area contributed by atoms with Gasteiger partial charge in [0.05, 0.1) is 0 Å². The molecule has 1 aromatic heterocycles. The summed E-state index contributed by atoms with van der Waals surface area (Å²) in [5.74, 6) is 0. The van der Waals surface area contributed by atoms with Crippen molar-refractivity contribution in [3.05, 3.63) is 59.1 Å². The van der Waals surface area contributed by atoms with Gasteiger partial charge in [-0.05, 0) is 28.5 Å². The molecule has 0 saturated heterocycles. The average Bonchev–Trinajstić information content (AvgIpc) is 2.66. The fourth-order valence-corrected chi connectivity index (χ4v) is 2.11. The van der Waals surface area contributed by atoms with Crippen molar-refractivity contribution < 1.29 is 0 Å². The Labute approximate surface area is 99.7 Å². The SMILES string of the molecule is C=c1[nH]c2ccc(-c3ccccc3)cc2c1=C. The molecule has 0 unspecified atom stereocenters. The maximum Gasteiger partial charge on any atom is 0.0464 e. The minimum atomic E-state index is 0.894. The number of nitrogens with one attached hydrogen (secondary N) is 1. The van der Waals surface area contributed by atoms with Crippen molar-refractivity contribution in [1.82, 2.24) is 4.98 Å². The van der Waals surface area contributed by atoms with Gasteiger partial charge < -0.3 is 4.98 Å². The van der Waals surface area contributed by atoms with Crippen LogP contribution in [-0.4, -0.2) is 4.98 Å². The van der Waals surface area contributed by atoms with Gasteiger partial charge in [0.25, 0.3) is 0 Å². The first-order valence-corrected chi connectivity index (χ1v) is 5.61. The smallest absolute Gasteiger partial charge is 0.0464 e. The van der Waals surface area contributed by atoms with Crippen molar-refractivity contribution in [2.24, 2.45) is 0 Å². The lowest BCUT2D eigenvalue weighted by molar-refractivity contribution is 1.37. The second kappa shape index (κ2) is 3.63. The largest absolute Gasteiger partial charge is 0.355 e. The monoisotopic (exact) mass is 219 g/mol. The van der Waals surface area contributed by atoms with Gasteiger partial charge in [0.15, 0.2) is 0 Å². The molecule has 0 amide bonds. The molecule has 0 aliphatic carbocycles. The van der Waals surface area contributed by atoms with E-state index in [1.807, 2.05) is 6.07 Å². The van der Waals surface area contributed by atoms with Crippen molar-refractivity contribution >= 4 is 24.1 Å². The molecule has 3 rings (SSSR count). The Morgan fingerprint density at radius 2 is 1.59 bits per heavy atom. The third-order valence-electron chi connectivity index (χ3n) is 3.10. The third-order valence-corrected chi connectivity index (χ3v) is 3.10. The lowest BCUT2D eigenvalue weighted by Gasteiger charge is -2.01. The van der Waals surface area contributed by atoms with Gasteiger partial charge in [0, 0.05) is 16.3 Å². The average molecular weight is 219 g/mol. The molecule has 0 atom stereocenters. The maximum atomic E-state index is 4.05. The van der Waals surface area contributed by atoms with Gasteiger partial charge in [0.1, 0.15) is 0 Å². The highest BCUT2D eigenvalue weighted by molar-refractivity contribution is 5.85. The number of fused-ring (bicyclic) bond motifs is 1. The number of hydrogen-bond acceptors (Lipinski definition) is 0. The maximum absolute atomic E-state index is 4.05. The predicted molar refractivity (Wildman–Crippen MR) is 74.0 cm³/mol. The highest BCUT2D eigenvalue weighted by Gasteiger charge is 2.01. The molecule has 0 fully saturated rings.